The molecule has 2 aliphatic rings. The normalized spacial score (nSPS) is 26.1. The molecule has 0 bridgehead atoms. The van der Waals surface area contributed by atoms with Crippen molar-refractivity contribution < 1.29 is 0 Å². The molecule has 3 aromatic carbocycles. The fraction of sp³-hybridized carbons (Fsp3) is 0.444. The Labute approximate surface area is 245 Å². The van der Waals surface area contributed by atoms with Crippen LogP contribution in [0, 0.1) is 23.7 Å². The third-order valence-corrected chi connectivity index (χ3v) is 23.4. The Morgan fingerprint density at radius 2 is 1.08 bits per heavy atom. The van der Waals surface area contributed by atoms with Crippen molar-refractivity contribution in [2.75, 3.05) is 0 Å². The van der Waals surface area contributed by atoms with Crippen LogP contribution in [0.3, 0.4) is 0 Å². The predicted molar refractivity (Wildman–Crippen MR) is 179 cm³/mol. The fourth-order valence-electron chi connectivity index (χ4n) is 8.38. The van der Waals surface area contributed by atoms with E-state index in [1.807, 2.05) is 0 Å². The van der Waals surface area contributed by atoms with Crippen molar-refractivity contribution in [3.05, 3.63) is 104 Å². The molecule has 0 aromatic heterocycles. The first-order valence-electron chi connectivity index (χ1n) is 15.1. The topological polar surface area (TPSA) is 0 Å². The summed E-state index contributed by atoms with van der Waals surface area (Å²) < 4.78 is -2.79. The molecule has 2 saturated carbocycles. The van der Waals surface area contributed by atoms with Crippen molar-refractivity contribution >= 4 is 42.2 Å². The summed E-state index contributed by atoms with van der Waals surface area (Å²) in [4.78, 5) is 0. The van der Waals surface area contributed by atoms with Gasteiger partial charge in [-0.15, -0.1) is 0 Å². The third kappa shape index (κ3) is 5.08. The zero-order chi connectivity index (χ0) is 26.5. The summed E-state index contributed by atoms with van der Waals surface area (Å²) in [5.41, 5.74) is 0.637. The molecule has 0 heterocycles. The van der Waals surface area contributed by atoms with Crippen molar-refractivity contribution in [2.24, 2.45) is 23.7 Å². The van der Waals surface area contributed by atoms with Gasteiger partial charge in [-0.25, -0.2) is 0 Å². The van der Waals surface area contributed by atoms with Gasteiger partial charge < -0.3 is 0 Å². The number of benzene rings is 3. The molecule has 202 valence electrons. The SMILES string of the molecule is C=CC[C@H]1CC[C@H](C2CCC(C(CC)P(I)(c3ccccc3)(c3ccccc3)c3ccccc3)CC2)CC1. The van der Waals surface area contributed by atoms with Crippen molar-refractivity contribution in [1.29, 1.82) is 0 Å². The van der Waals surface area contributed by atoms with E-state index < -0.39 is 4.25 Å². The molecular weight excluding hydrogens is 590 g/mol. The van der Waals surface area contributed by atoms with Gasteiger partial charge >= 0.3 is 246 Å². The second-order valence-electron chi connectivity index (χ2n) is 12.0. The molecule has 38 heavy (non-hydrogen) atoms. The van der Waals surface area contributed by atoms with Gasteiger partial charge in [-0.3, -0.25) is 0 Å². The molecule has 0 aliphatic heterocycles. The molecule has 0 spiro atoms. The summed E-state index contributed by atoms with van der Waals surface area (Å²) in [6.07, 6.45) is 16.0. The number of hydrogen-bond donors (Lipinski definition) is 0. The Kier molecular flexibility index (Phi) is 9.16. The second kappa shape index (κ2) is 12.4. The molecule has 2 fully saturated rings. The molecule has 0 radical (unpaired) electrons. The molecule has 0 nitrogen and oxygen atoms in total. The van der Waals surface area contributed by atoms with E-state index in [2.05, 4.69) is 133 Å². The first-order valence-corrected chi connectivity index (χ1v) is 20.2. The minimum atomic E-state index is -2.79. The van der Waals surface area contributed by atoms with Crippen LogP contribution in [-0.2, 0) is 0 Å². The molecule has 0 saturated heterocycles. The molecule has 0 N–H and O–H groups in total. The van der Waals surface area contributed by atoms with Crippen LogP contribution < -0.4 is 15.9 Å². The number of halogens is 1. The monoisotopic (exact) mass is 636 g/mol. The standard InChI is InChI=1S/C36H46IP/c1-3-14-29-21-23-30(24-22-29)31-25-27-32(28-26-31)36(4-2)38(37,33-15-8-5-9-16-33,34-17-10-6-11-18-34)35-19-12-7-13-20-35/h3,5-13,15-20,29-32,36H,1,4,14,21-28H2,2H3/t29-,30-,31?,32?,36?. The summed E-state index contributed by atoms with van der Waals surface area (Å²) in [5, 5.41) is 4.64. The molecule has 0 amide bonds. The first-order chi connectivity index (χ1) is 18.6. The van der Waals surface area contributed by atoms with Crippen LogP contribution in [0.4, 0.5) is 0 Å². The number of hydrogen-bond acceptors (Lipinski definition) is 0. The Balaban J connectivity index is 1.50. The number of allylic oxidation sites excluding steroid dienone is 1. The summed E-state index contributed by atoms with van der Waals surface area (Å²) in [5.74, 6) is 3.57. The van der Waals surface area contributed by atoms with Gasteiger partial charge in [-0.2, -0.15) is 0 Å². The van der Waals surface area contributed by atoms with Crippen LogP contribution in [-0.4, -0.2) is 5.66 Å². The average Bonchev–Trinajstić information content (AvgIpc) is 3.00. The van der Waals surface area contributed by atoms with Crippen molar-refractivity contribution in [1.82, 2.24) is 0 Å². The quantitative estimate of drug-likeness (QED) is 0.125. The van der Waals surface area contributed by atoms with Crippen molar-refractivity contribution in [2.45, 2.75) is 76.8 Å². The van der Waals surface area contributed by atoms with E-state index in [0.29, 0.717) is 5.66 Å². The Bertz CT molecular complexity index is 1040. The van der Waals surface area contributed by atoms with E-state index >= 15 is 0 Å². The molecule has 2 heteroatoms. The van der Waals surface area contributed by atoms with E-state index in [1.54, 1.807) is 15.9 Å². The third-order valence-electron chi connectivity index (χ3n) is 10.2. The maximum absolute atomic E-state index is 3.99. The van der Waals surface area contributed by atoms with E-state index in [4.69, 9.17) is 0 Å². The molecule has 1 atom stereocenters. The Hall–Kier alpha value is -1.44. The fourth-order valence-corrected chi connectivity index (χ4v) is 19.9. The van der Waals surface area contributed by atoms with Crippen LogP contribution in [0.15, 0.2) is 104 Å². The van der Waals surface area contributed by atoms with Gasteiger partial charge in [-0.05, 0) is 0 Å². The van der Waals surface area contributed by atoms with Crippen LogP contribution in [0.5, 0.6) is 0 Å². The van der Waals surface area contributed by atoms with Gasteiger partial charge in [0.25, 0.3) is 0 Å². The van der Waals surface area contributed by atoms with E-state index in [1.165, 1.54) is 64.2 Å². The Morgan fingerprint density at radius 1 is 0.684 bits per heavy atom. The number of rotatable bonds is 9. The van der Waals surface area contributed by atoms with Gasteiger partial charge in [0.05, 0.1) is 0 Å². The predicted octanol–water partition coefficient (Wildman–Crippen LogP) is 9.83. The first kappa shape index (κ1) is 28.1. The van der Waals surface area contributed by atoms with Gasteiger partial charge in [0.15, 0.2) is 0 Å². The van der Waals surface area contributed by atoms with Gasteiger partial charge in [0, 0.05) is 0 Å². The maximum atomic E-state index is 3.99. The van der Waals surface area contributed by atoms with Crippen LogP contribution in [0.1, 0.15) is 71.1 Å². The second-order valence-corrected chi connectivity index (χ2v) is 22.4. The summed E-state index contributed by atoms with van der Waals surface area (Å²) >= 11 is 3.05. The van der Waals surface area contributed by atoms with E-state index in [0.717, 1.165) is 23.7 Å². The van der Waals surface area contributed by atoms with Crippen molar-refractivity contribution in [3.8, 4) is 0 Å². The van der Waals surface area contributed by atoms with Gasteiger partial charge in [0.2, 0.25) is 0 Å². The van der Waals surface area contributed by atoms with E-state index in [-0.39, 0.29) is 0 Å². The summed E-state index contributed by atoms with van der Waals surface area (Å²) in [6.45, 7) is 6.47. The summed E-state index contributed by atoms with van der Waals surface area (Å²) in [7, 11) is 0. The molecule has 2 aliphatic carbocycles. The summed E-state index contributed by atoms with van der Waals surface area (Å²) in [6, 6.07) is 34.9. The van der Waals surface area contributed by atoms with Crippen molar-refractivity contribution in [3.63, 3.8) is 0 Å². The molecular formula is C36H46IP. The Morgan fingerprint density at radius 3 is 1.45 bits per heavy atom. The van der Waals surface area contributed by atoms with Crippen LogP contribution in [0.2, 0.25) is 0 Å². The van der Waals surface area contributed by atoms with Gasteiger partial charge in [-0.1, -0.05) is 0 Å². The zero-order valence-electron chi connectivity index (χ0n) is 23.2. The zero-order valence-corrected chi connectivity index (χ0v) is 26.3. The minimum absolute atomic E-state index is 0.637. The molecule has 1 unspecified atom stereocenters. The van der Waals surface area contributed by atoms with E-state index in [9.17, 15) is 0 Å². The van der Waals surface area contributed by atoms with Crippen LogP contribution in [0.25, 0.3) is 0 Å². The van der Waals surface area contributed by atoms with Gasteiger partial charge in [0.1, 0.15) is 0 Å². The average molecular weight is 637 g/mol. The van der Waals surface area contributed by atoms with Crippen LogP contribution >= 0.6 is 26.3 Å². The molecule has 5 rings (SSSR count). The molecule has 3 aromatic rings.